The van der Waals surface area contributed by atoms with Crippen LogP contribution in [0.2, 0.25) is 0 Å². The Morgan fingerprint density at radius 1 is 1.25 bits per heavy atom. The predicted octanol–water partition coefficient (Wildman–Crippen LogP) is 3.39. The number of aryl methyl sites for hydroxylation is 1. The van der Waals surface area contributed by atoms with Gasteiger partial charge in [-0.25, -0.2) is 4.98 Å². The zero-order valence-electron chi connectivity index (χ0n) is 16.1. The van der Waals surface area contributed by atoms with Crippen LogP contribution in [0.4, 0.5) is 10.8 Å². The summed E-state index contributed by atoms with van der Waals surface area (Å²) in [5.41, 5.74) is 10.0. The van der Waals surface area contributed by atoms with Gasteiger partial charge in [0.1, 0.15) is 10.9 Å². The molecular formula is C21H24N6S. The average molecular weight is 393 g/mol. The van der Waals surface area contributed by atoms with E-state index in [9.17, 15) is 0 Å². The van der Waals surface area contributed by atoms with E-state index in [1.807, 2.05) is 13.0 Å². The Labute approximate surface area is 170 Å². The molecule has 0 saturated carbocycles. The van der Waals surface area contributed by atoms with Gasteiger partial charge in [-0.2, -0.15) is 10.5 Å². The number of nitrogens with zero attached hydrogens (tertiary/aromatic N) is 5. The highest BCUT2D eigenvalue weighted by molar-refractivity contribution is 7.16. The van der Waals surface area contributed by atoms with Crippen LogP contribution in [0.1, 0.15) is 34.5 Å². The molecule has 1 aromatic carbocycles. The van der Waals surface area contributed by atoms with Gasteiger partial charge in [0.05, 0.1) is 17.3 Å². The van der Waals surface area contributed by atoms with Crippen LogP contribution in [0.15, 0.2) is 24.8 Å². The summed E-state index contributed by atoms with van der Waals surface area (Å²) >= 11 is 1.48. The van der Waals surface area contributed by atoms with Crippen LogP contribution in [0.5, 0.6) is 0 Å². The lowest BCUT2D eigenvalue weighted by molar-refractivity contribution is 0.256. The third-order valence-corrected chi connectivity index (χ3v) is 6.17. The number of hydrogen-bond donors (Lipinski definition) is 1. The smallest absolute Gasteiger partial charge is 0.186 e. The van der Waals surface area contributed by atoms with Crippen molar-refractivity contribution in [2.75, 3.05) is 43.4 Å². The number of nitrogens with two attached hydrogens (primary N) is 1. The van der Waals surface area contributed by atoms with Gasteiger partial charge < -0.3 is 10.6 Å². The monoisotopic (exact) mass is 392 g/mol. The van der Waals surface area contributed by atoms with Gasteiger partial charge in [0, 0.05) is 37.4 Å². The number of benzene rings is 1. The van der Waals surface area contributed by atoms with E-state index in [0.717, 1.165) is 67.5 Å². The fourth-order valence-electron chi connectivity index (χ4n) is 3.37. The zero-order chi connectivity index (χ0) is 20.1. The van der Waals surface area contributed by atoms with Gasteiger partial charge in [-0.1, -0.05) is 17.9 Å². The lowest BCUT2D eigenvalue weighted by Gasteiger charge is -2.34. The number of piperazine rings is 1. The number of allylic oxidation sites excluding steroid dienone is 1. The van der Waals surface area contributed by atoms with E-state index in [-0.39, 0.29) is 0 Å². The SMILES string of the molecule is C=C(CCCN1CCN(c2nc(C)c(C#N)s2)CC1)c1cc(C#N)ccc1N. The van der Waals surface area contributed by atoms with Crippen LogP contribution >= 0.6 is 11.3 Å². The summed E-state index contributed by atoms with van der Waals surface area (Å²) in [5, 5.41) is 19.1. The first-order valence-electron chi connectivity index (χ1n) is 9.34. The van der Waals surface area contributed by atoms with E-state index < -0.39 is 0 Å². The molecule has 0 spiro atoms. The summed E-state index contributed by atoms with van der Waals surface area (Å²) in [4.78, 5) is 9.95. The van der Waals surface area contributed by atoms with Gasteiger partial charge in [-0.05, 0) is 50.1 Å². The molecule has 0 radical (unpaired) electrons. The molecule has 1 aliphatic rings. The van der Waals surface area contributed by atoms with Crippen molar-refractivity contribution in [2.24, 2.45) is 0 Å². The highest BCUT2D eigenvalue weighted by Crippen LogP contribution is 2.27. The number of rotatable bonds is 6. The second kappa shape index (κ2) is 8.88. The van der Waals surface area contributed by atoms with Gasteiger partial charge in [0.2, 0.25) is 0 Å². The van der Waals surface area contributed by atoms with E-state index in [4.69, 9.17) is 16.3 Å². The lowest BCUT2D eigenvalue weighted by Crippen LogP contribution is -2.46. The number of aromatic nitrogens is 1. The van der Waals surface area contributed by atoms with Crippen molar-refractivity contribution in [1.82, 2.24) is 9.88 Å². The Balaban J connectivity index is 1.46. The summed E-state index contributed by atoms with van der Waals surface area (Å²) in [6, 6.07) is 9.69. The van der Waals surface area contributed by atoms with Crippen molar-refractivity contribution < 1.29 is 0 Å². The van der Waals surface area contributed by atoms with Gasteiger partial charge >= 0.3 is 0 Å². The van der Waals surface area contributed by atoms with Crippen molar-refractivity contribution in [3.05, 3.63) is 46.5 Å². The second-order valence-corrected chi connectivity index (χ2v) is 7.95. The predicted molar refractivity (Wildman–Crippen MR) is 114 cm³/mol. The molecule has 1 aliphatic heterocycles. The van der Waals surface area contributed by atoms with E-state index in [1.54, 1.807) is 12.1 Å². The van der Waals surface area contributed by atoms with Crippen molar-refractivity contribution in [3.63, 3.8) is 0 Å². The van der Waals surface area contributed by atoms with Crippen molar-refractivity contribution >= 4 is 27.7 Å². The maximum atomic E-state index is 9.11. The topological polar surface area (TPSA) is 93.0 Å². The number of hydrogen-bond acceptors (Lipinski definition) is 7. The molecule has 7 heteroatoms. The van der Waals surface area contributed by atoms with E-state index in [2.05, 4.69) is 33.5 Å². The molecule has 0 unspecified atom stereocenters. The second-order valence-electron chi connectivity index (χ2n) is 6.97. The van der Waals surface area contributed by atoms with Gasteiger partial charge in [0.15, 0.2) is 5.13 Å². The summed E-state index contributed by atoms with van der Waals surface area (Å²) in [7, 11) is 0. The molecule has 0 aliphatic carbocycles. The van der Waals surface area contributed by atoms with Crippen LogP contribution in [-0.2, 0) is 0 Å². The molecule has 1 saturated heterocycles. The molecule has 28 heavy (non-hydrogen) atoms. The molecule has 0 atom stereocenters. The molecule has 1 fully saturated rings. The van der Waals surface area contributed by atoms with Crippen LogP contribution in [0.25, 0.3) is 5.57 Å². The highest BCUT2D eigenvalue weighted by Gasteiger charge is 2.20. The standard InChI is InChI=1S/C21H24N6S/c1-15(18-12-17(13-22)5-6-19(18)24)4-3-7-26-8-10-27(11-9-26)21-25-16(2)20(14-23)28-21/h5-6,12H,1,3-4,7-11,24H2,2H3. The molecule has 2 aromatic rings. The Bertz CT molecular complexity index is 941. The minimum Gasteiger partial charge on any atom is -0.398 e. The zero-order valence-corrected chi connectivity index (χ0v) is 16.9. The summed E-state index contributed by atoms with van der Waals surface area (Å²) < 4.78 is 0. The van der Waals surface area contributed by atoms with Crippen LogP contribution in [0.3, 0.4) is 0 Å². The minimum absolute atomic E-state index is 0.610. The summed E-state index contributed by atoms with van der Waals surface area (Å²) in [5.74, 6) is 0. The first-order valence-corrected chi connectivity index (χ1v) is 10.2. The van der Waals surface area contributed by atoms with Crippen LogP contribution in [0, 0.1) is 29.6 Å². The fourth-order valence-corrected chi connectivity index (χ4v) is 4.28. The van der Waals surface area contributed by atoms with E-state index in [0.29, 0.717) is 16.1 Å². The number of nitriles is 2. The highest BCUT2D eigenvalue weighted by atomic mass is 32.1. The third-order valence-electron chi connectivity index (χ3n) is 5.05. The first-order chi connectivity index (χ1) is 13.5. The summed E-state index contributed by atoms with van der Waals surface area (Å²) in [6.45, 7) is 10.9. The maximum Gasteiger partial charge on any atom is 0.186 e. The number of nitrogen functional groups attached to an aromatic ring is 1. The average Bonchev–Trinajstić information content (AvgIpc) is 3.09. The molecule has 6 nitrogen and oxygen atoms in total. The van der Waals surface area contributed by atoms with E-state index >= 15 is 0 Å². The molecule has 144 valence electrons. The molecule has 1 aromatic heterocycles. The van der Waals surface area contributed by atoms with Crippen LogP contribution < -0.4 is 10.6 Å². The fraction of sp³-hybridized carbons (Fsp3) is 0.381. The van der Waals surface area contributed by atoms with E-state index in [1.165, 1.54) is 11.3 Å². The number of thiazole rings is 1. The van der Waals surface area contributed by atoms with Crippen molar-refractivity contribution in [1.29, 1.82) is 10.5 Å². The Kier molecular flexibility index (Phi) is 6.30. The van der Waals surface area contributed by atoms with Crippen LogP contribution in [-0.4, -0.2) is 42.6 Å². The quantitative estimate of drug-likeness (QED) is 0.758. The molecule has 0 bridgehead atoms. The number of anilines is 2. The largest absolute Gasteiger partial charge is 0.398 e. The van der Waals surface area contributed by atoms with Gasteiger partial charge in [-0.3, -0.25) is 4.90 Å². The Morgan fingerprint density at radius 3 is 2.64 bits per heavy atom. The molecule has 2 heterocycles. The van der Waals surface area contributed by atoms with Crippen molar-refractivity contribution in [3.8, 4) is 12.1 Å². The third kappa shape index (κ3) is 4.51. The van der Waals surface area contributed by atoms with Gasteiger partial charge in [0.25, 0.3) is 0 Å². The lowest BCUT2D eigenvalue weighted by atomic mass is 9.99. The normalized spacial score (nSPS) is 14.5. The molecule has 3 rings (SSSR count). The minimum atomic E-state index is 0.610. The van der Waals surface area contributed by atoms with Crippen molar-refractivity contribution in [2.45, 2.75) is 19.8 Å². The molecular weight excluding hydrogens is 368 g/mol. The first kappa shape index (κ1) is 19.9. The maximum absolute atomic E-state index is 9.11. The molecule has 0 amide bonds. The molecule has 2 N–H and O–H groups in total. The van der Waals surface area contributed by atoms with Gasteiger partial charge in [-0.15, -0.1) is 0 Å². The Hall–Kier alpha value is -2.87. The Morgan fingerprint density at radius 2 is 2.00 bits per heavy atom. The summed E-state index contributed by atoms with van der Waals surface area (Å²) in [6.07, 6.45) is 1.86.